The number of rotatable bonds is 4. The average molecular weight is 194 g/mol. The predicted octanol–water partition coefficient (Wildman–Crippen LogP) is 1.31. The predicted molar refractivity (Wildman–Crippen MR) is 56.1 cm³/mol. The monoisotopic (exact) mass is 194 g/mol. The number of ether oxygens (including phenoxy) is 1. The summed E-state index contributed by atoms with van der Waals surface area (Å²) in [5.41, 5.74) is 0.754. The summed E-state index contributed by atoms with van der Waals surface area (Å²) in [5.74, 6) is 0.864. The van der Waals surface area contributed by atoms with Gasteiger partial charge in [-0.05, 0) is 0 Å². The molecule has 0 aliphatic carbocycles. The van der Waals surface area contributed by atoms with Crippen LogP contribution in [0.4, 0.5) is 0 Å². The molecule has 0 radical (unpaired) electrons. The van der Waals surface area contributed by atoms with Crippen LogP contribution in [0, 0.1) is 0 Å². The third-order valence-electron chi connectivity index (χ3n) is 1.62. The van der Waals surface area contributed by atoms with Crippen LogP contribution in [0.3, 0.4) is 0 Å². The molecule has 0 aliphatic heterocycles. The smallest absolute Gasteiger partial charge is 0.870 e. The van der Waals surface area contributed by atoms with Gasteiger partial charge in [-0.2, -0.15) is 0 Å². The van der Waals surface area contributed by atoms with Crippen molar-refractivity contribution in [3.8, 4) is 5.75 Å². The molecule has 0 bridgehead atoms. The van der Waals surface area contributed by atoms with Crippen molar-refractivity contribution in [2.45, 2.75) is 19.8 Å². The zero-order valence-corrected chi connectivity index (χ0v) is 8.31. The summed E-state index contributed by atoms with van der Waals surface area (Å²) in [6, 6.07) is 7.52. The topological polar surface area (TPSA) is 69.2 Å². The van der Waals surface area contributed by atoms with Gasteiger partial charge in [0.2, 0.25) is 0 Å². The van der Waals surface area contributed by atoms with E-state index < -0.39 is 0 Å². The van der Waals surface area contributed by atoms with Gasteiger partial charge in [0.1, 0.15) is 0 Å². The van der Waals surface area contributed by atoms with Crippen LogP contribution in [0.5, 0.6) is 5.75 Å². The fraction of sp³-hybridized carbons (Fsp3) is 0.400. The van der Waals surface area contributed by atoms with Crippen molar-refractivity contribution in [1.29, 1.82) is 0 Å². The van der Waals surface area contributed by atoms with Crippen molar-refractivity contribution in [1.82, 2.24) is 0 Å². The third-order valence-corrected chi connectivity index (χ3v) is 1.62. The molecule has 14 heavy (non-hydrogen) atoms. The second kappa shape index (κ2) is 8.60. The number of unbranched alkanes of at least 4 members (excludes halogenated alkanes) is 1. The Morgan fingerprint density at radius 1 is 1.29 bits per heavy atom. The van der Waals surface area contributed by atoms with E-state index in [1.807, 2.05) is 24.3 Å². The molecule has 76 valence electrons. The molecule has 4 heteroatoms. The molecule has 0 saturated heterocycles. The largest absolute Gasteiger partial charge is 0.870 e. The van der Waals surface area contributed by atoms with E-state index in [0.29, 0.717) is 0 Å². The molecular formula is C10H15BO3. The van der Waals surface area contributed by atoms with Crippen LogP contribution in [0.25, 0.3) is 0 Å². The van der Waals surface area contributed by atoms with E-state index in [1.54, 1.807) is 0 Å². The van der Waals surface area contributed by atoms with Gasteiger partial charge in [0.15, 0.2) is 0 Å². The molecule has 0 amide bonds. The second-order valence-corrected chi connectivity index (χ2v) is 2.77. The van der Waals surface area contributed by atoms with Crippen LogP contribution in [0.15, 0.2) is 24.3 Å². The summed E-state index contributed by atoms with van der Waals surface area (Å²) in [6.45, 7) is 2.92. The van der Waals surface area contributed by atoms with E-state index in [9.17, 15) is 0 Å². The van der Waals surface area contributed by atoms with Gasteiger partial charge in [-0.1, -0.05) is 0 Å². The molecule has 0 aliphatic rings. The molecular weight excluding hydrogens is 179 g/mol. The Balaban J connectivity index is 0. The first-order valence-corrected chi connectivity index (χ1v) is 4.31. The average Bonchev–Trinajstić information content (AvgIpc) is 2.05. The van der Waals surface area contributed by atoms with Gasteiger partial charge >= 0.3 is 74.4 Å². The molecule has 0 fully saturated rings. The first-order valence-electron chi connectivity index (χ1n) is 4.31. The van der Waals surface area contributed by atoms with Crippen LogP contribution >= 0.6 is 0 Å². The van der Waals surface area contributed by atoms with Gasteiger partial charge in [-0.15, -0.1) is 0 Å². The maximum Gasteiger partial charge on any atom is -0.870 e. The summed E-state index contributed by atoms with van der Waals surface area (Å²) >= 11 is 0. The van der Waals surface area contributed by atoms with E-state index in [4.69, 9.17) is 12.6 Å². The Kier molecular flexibility index (Phi) is 9.50. The SMILES string of the molecule is [B+2]c1cccc(OCCCC)c1.[OH-].[OH-]. The molecule has 1 aromatic rings. The maximum atomic E-state index is 5.58. The number of benzene rings is 1. The van der Waals surface area contributed by atoms with Crippen molar-refractivity contribution < 1.29 is 15.7 Å². The van der Waals surface area contributed by atoms with Gasteiger partial charge in [-0.25, -0.2) is 0 Å². The van der Waals surface area contributed by atoms with Crippen molar-refractivity contribution in [2.24, 2.45) is 0 Å². The summed E-state index contributed by atoms with van der Waals surface area (Å²) in [5, 5.41) is 0. The van der Waals surface area contributed by atoms with E-state index in [-0.39, 0.29) is 11.0 Å². The minimum absolute atomic E-state index is 0. The van der Waals surface area contributed by atoms with Crippen molar-refractivity contribution >= 4 is 13.3 Å². The summed E-state index contributed by atoms with van der Waals surface area (Å²) in [4.78, 5) is 0. The summed E-state index contributed by atoms with van der Waals surface area (Å²) < 4.78 is 5.45. The fourth-order valence-electron chi connectivity index (χ4n) is 0.939. The van der Waals surface area contributed by atoms with Crippen LogP contribution in [-0.4, -0.2) is 25.4 Å². The third kappa shape index (κ3) is 5.62. The zero-order valence-electron chi connectivity index (χ0n) is 8.31. The van der Waals surface area contributed by atoms with E-state index in [2.05, 4.69) is 6.92 Å². The zero-order chi connectivity index (χ0) is 8.81. The molecule has 1 rings (SSSR count). The molecule has 0 atom stereocenters. The van der Waals surface area contributed by atoms with Crippen LogP contribution < -0.4 is 10.2 Å². The Morgan fingerprint density at radius 3 is 2.57 bits per heavy atom. The second-order valence-electron chi connectivity index (χ2n) is 2.77. The van der Waals surface area contributed by atoms with Crippen molar-refractivity contribution in [3.63, 3.8) is 0 Å². The van der Waals surface area contributed by atoms with Crippen LogP contribution in [0.2, 0.25) is 0 Å². The van der Waals surface area contributed by atoms with Crippen LogP contribution in [-0.2, 0) is 0 Å². The van der Waals surface area contributed by atoms with Gasteiger partial charge in [-0.3, -0.25) is 0 Å². The first kappa shape index (κ1) is 15.5. The Hall–Kier alpha value is -0.995. The Bertz CT molecular complexity index is 241. The van der Waals surface area contributed by atoms with Crippen molar-refractivity contribution in [3.05, 3.63) is 24.3 Å². The number of hydrogen-bond acceptors (Lipinski definition) is 3. The molecule has 0 heterocycles. The maximum absolute atomic E-state index is 5.58. The molecule has 2 N–H and O–H groups in total. The molecule has 0 spiro atoms. The Morgan fingerprint density at radius 2 is 2.00 bits per heavy atom. The number of hydrogen-bond donors (Lipinski definition) is 0. The first-order chi connectivity index (χ1) is 5.83. The minimum atomic E-state index is 0. The van der Waals surface area contributed by atoms with Crippen LogP contribution in [0.1, 0.15) is 19.8 Å². The Labute approximate surface area is 86.1 Å². The fourth-order valence-corrected chi connectivity index (χ4v) is 0.939. The molecule has 0 aromatic heterocycles. The molecule has 0 unspecified atom stereocenters. The van der Waals surface area contributed by atoms with Crippen molar-refractivity contribution in [2.75, 3.05) is 6.61 Å². The summed E-state index contributed by atoms with van der Waals surface area (Å²) in [6.07, 6.45) is 2.25. The normalized spacial score (nSPS) is 8.50. The van der Waals surface area contributed by atoms with Gasteiger partial charge in [0, 0.05) is 0 Å². The van der Waals surface area contributed by atoms with Gasteiger partial charge < -0.3 is 11.0 Å². The molecule has 0 saturated carbocycles. The van der Waals surface area contributed by atoms with Gasteiger partial charge in [0.25, 0.3) is 0 Å². The minimum Gasteiger partial charge on any atom is -0.870 e. The van der Waals surface area contributed by atoms with E-state index >= 15 is 0 Å². The van der Waals surface area contributed by atoms with Gasteiger partial charge in [0.05, 0.1) is 0 Å². The molecule has 3 nitrogen and oxygen atoms in total. The standard InChI is InChI=1S/C10H13BO.2H2O/c1-2-3-7-12-10-6-4-5-9(11)8-10;;/h4-6,8H,2-3,7H2,1H3;2*1H2/q+2;;/p-2. The van der Waals surface area contributed by atoms with E-state index in [1.165, 1.54) is 0 Å². The summed E-state index contributed by atoms with van der Waals surface area (Å²) in [7, 11) is 5.58. The van der Waals surface area contributed by atoms with E-state index in [0.717, 1.165) is 30.7 Å². The quantitative estimate of drug-likeness (QED) is 0.535. The molecule has 1 aromatic carbocycles.